The molecule has 0 spiro atoms. The van der Waals surface area contributed by atoms with Crippen LogP contribution in [0.3, 0.4) is 0 Å². The first-order chi connectivity index (χ1) is 8.70. The number of nitriles is 1. The quantitative estimate of drug-likeness (QED) is 0.768. The number of halogens is 1. The molecule has 1 aromatic rings. The van der Waals surface area contributed by atoms with Gasteiger partial charge in [0.05, 0.1) is 12.6 Å². The third-order valence-electron chi connectivity index (χ3n) is 2.90. The van der Waals surface area contributed by atoms with Crippen LogP contribution in [0.25, 0.3) is 0 Å². The molecule has 0 aliphatic carbocycles. The summed E-state index contributed by atoms with van der Waals surface area (Å²) < 4.78 is 0.859. The van der Waals surface area contributed by atoms with Crippen molar-refractivity contribution in [3.63, 3.8) is 0 Å². The summed E-state index contributed by atoms with van der Waals surface area (Å²) in [6.07, 6.45) is 1.62. The molecule has 0 saturated carbocycles. The summed E-state index contributed by atoms with van der Waals surface area (Å²) in [6, 6.07) is 5.65. The molecule has 1 aliphatic heterocycles. The SMILES string of the molecule is N#CCN1CCN(C(=O)c2ccc(Br)cn2)CC1. The Bertz CT molecular complexity index is 460. The molecule has 2 heterocycles. The van der Waals surface area contributed by atoms with Crippen molar-refractivity contribution in [2.75, 3.05) is 32.7 Å². The molecule has 1 saturated heterocycles. The van der Waals surface area contributed by atoms with Crippen LogP contribution in [0.4, 0.5) is 0 Å². The number of aromatic nitrogens is 1. The van der Waals surface area contributed by atoms with Gasteiger partial charge in [0.25, 0.3) is 5.91 Å². The molecule has 6 heteroatoms. The maximum atomic E-state index is 12.1. The smallest absolute Gasteiger partial charge is 0.272 e. The van der Waals surface area contributed by atoms with Gasteiger partial charge in [-0.15, -0.1) is 0 Å². The highest BCUT2D eigenvalue weighted by Crippen LogP contribution is 2.10. The molecule has 94 valence electrons. The van der Waals surface area contributed by atoms with Crippen LogP contribution in [0, 0.1) is 11.3 Å². The summed E-state index contributed by atoms with van der Waals surface area (Å²) in [7, 11) is 0. The van der Waals surface area contributed by atoms with Crippen LogP contribution in [0.2, 0.25) is 0 Å². The van der Waals surface area contributed by atoms with Gasteiger partial charge in [0.2, 0.25) is 0 Å². The third kappa shape index (κ3) is 3.06. The van der Waals surface area contributed by atoms with Crippen LogP contribution in [0.5, 0.6) is 0 Å². The van der Waals surface area contributed by atoms with Crippen molar-refractivity contribution in [1.82, 2.24) is 14.8 Å². The topological polar surface area (TPSA) is 60.2 Å². The van der Waals surface area contributed by atoms with E-state index in [1.54, 1.807) is 17.2 Å². The van der Waals surface area contributed by atoms with Crippen molar-refractivity contribution in [3.05, 3.63) is 28.5 Å². The Labute approximate surface area is 114 Å². The monoisotopic (exact) mass is 308 g/mol. The number of rotatable bonds is 2. The molecule has 0 atom stereocenters. The van der Waals surface area contributed by atoms with Crippen LogP contribution in [0.1, 0.15) is 10.5 Å². The Morgan fingerprint density at radius 1 is 1.39 bits per heavy atom. The predicted octanol–water partition coefficient (Wildman–Crippen LogP) is 1.13. The number of nitrogens with zero attached hydrogens (tertiary/aromatic N) is 4. The zero-order valence-corrected chi connectivity index (χ0v) is 11.4. The molecule has 5 nitrogen and oxygen atoms in total. The maximum Gasteiger partial charge on any atom is 0.272 e. The molecule has 0 aromatic carbocycles. The highest BCUT2D eigenvalue weighted by Gasteiger charge is 2.22. The van der Waals surface area contributed by atoms with Crippen LogP contribution >= 0.6 is 15.9 Å². The van der Waals surface area contributed by atoms with Crippen LogP contribution in [-0.2, 0) is 0 Å². The number of hydrogen-bond acceptors (Lipinski definition) is 4. The Morgan fingerprint density at radius 2 is 2.11 bits per heavy atom. The van der Waals surface area contributed by atoms with Gasteiger partial charge in [0, 0.05) is 36.8 Å². The van der Waals surface area contributed by atoms with Gasteiger partial charge in [-0.2, -0.15) is 5.26 Å². The lowest BCUT2D eigenvalue weighted by Gasteiger charge is -2.33. The number of piperazine rings is 1. The molecule has 2 rings (SSSR count). The lowest BCUT2D eigenvalue weighted by atomic mass is 10.2. The highest BCUT2D eigenvalue weighted by molar-refractivity contribution is 9.10. The van der Waals surface area contributed by atoms with Crippen LogP contribution < -0.4 is 0 Å². The van der Waals surface area contributed by atoms with E-state index in [2.05, 4.69) is 27.0 Å². The van der Waals surface area contributed by atoms with Gasteiger partial charge < -0.3 is 4.90 Å². The fourth-order valence-corrected chi connectivity index (χ4v) is 2.11. The normalized spacial score (nSPS) is 16.3. The van der Waals surface area contributed by atoms with Crippen LogP contribution in [0.15, 0.2) is 22.8 Å². The minimum absolute atomic E-state index is 0.0425. The second-order valence-corrected chi connectivity index (χ2v) is 5.00. The molecule has 1 aromatic heterocycles. The van der Waals surface area contributed by atoms with E-state index in [0.29, 0.717) is 25.3 Å². The number of carbonyl (C=O) groups excluding carboxylic acids is 1. The molecule has 0 radical (unpaired) electrons. The van der Waals surface area contributed by atoms with Crippen molar-refractivity contribution >= 4 is 21.8 Å². The molecule has 18 heavy (non-hydrogen) atoms. The number of amides is 1. The lowest BCUT2D eigenvalue weighted by Crippen LogP contribution is -2.48. The summed E-state index contributed by atoms with van der Waals surface area (Å²) in [5.74, 6) is -0.0425. The van der Waals surface area contributed by atoms with E-state index in [0.717, 1.165) is 17.6 Å². The van der Waals surface area contributed by atoms with E-state index >= 15 is 0 Å². The zero-order chi connectivity index (χ0) is 13.0. The van der Waals surface area contributed by atoms with Crippen molar-refractivity contribution in [1.29, 1.82) is 5.26 Å². The van der Waals surface area contributed by atoms with E-state index < -0.39 is 0 Å². The second-order valence-electron chi connectivity index (χ2n) is 4.09. The first kappa shape index (κ1) is 13.0. The summed E-state index contributed by atoms with van der Waals surface area (Å²) in [6.45, 7) is 3.22. The van der Waals surface area contributed by atoms with E-state index in [4.69, 9.17) is 5.26 Å². The maximum absolute atomic E-state index is 12.1. The van der Waals surface area contributed by atoms with Crippen molar-refractivity contribution in [2.45, 2.75) is 0 Å². The van der Waals surface area contributed by atoms with E-state index in [1.165, 1.54) is 0 Å². The van der Waals surface area contributed by atoms with E-state index in [9.17, 15) is 4.79 Å². The second kappa shape index (κ2) is 5.94. The van der Waals surface area contributed by atoms with Gasteiger partial charge in [-0.25, -0.2) is 4.98 Å². The van der Waals surface area contributed by atoms with Crippen LogP contribution in [-0.4, -0.2) is 53.4 Å². The number of hydrogen-bond donors (Lipinski definition) is 0. The number of pyridine rings is 1. The molecule has 1 aliphatic rings. The van der Waals surface area contributed by atoms with Crippen molar-refractivity contribution in [2.24, 2.45) is 0 Å². The minimum atomic E-state index is -0.0425. The highest BCUT2D eigenvalue weighted by atomic mass is 79.9. The summed E-state index contributed by atoms with van der Waals surface area (Å²) in [5.41, 5.74) is 0.465. The van der Waals surface area contributed by atoms with Gasteiger partial charge in [-0.3, -0.25) is 9.69 Å². The largest absolute Gasteiger partial charge is 0.335 e. The Balaban J connectivity index is 1.95. The Morgan fingerprint density at radius 3 is 2.67 bits per heavy atom. The molecule has 0 bridgehead atoms. The van der Waals surface area contributed by atoms with Gasteiger partial charge >= 0.3 is 0 Å². The summed E-state index contributed by atoms with van der Waals surface area (Å²) >= 11 is 3.29. The van der Waals surface area contributed by atoms with E-state index in [-0.39, 0.29) is 5.91 Å². The minimum Gasteiger partial charge on any atom is -0.335 e. The average Bonchev–Trinajstić information content (AvgIpc) is 2.40. The fourth-order valence-electron chi connectivity index (χ4n) is 1.87. The number of carbonyl (C=O) groups is 1. The molecule has 1 amide bonds. The van der Waals surface area contributed by atoms with E-state index in [1.807, 2.05) is 11.0 Å². The predicted molar refractivity (Wildman–Crippen MR) is 69.9 cm³/mol. The molecule has 1 fully saturated rings. The molecule has 0 unspecified atom stereocenters. The summed E-state index contributed by atoms with van der Waals surface area (Å²) in [5, 5.41) is 8.61. The van der Waals surface area contributed by atoms with Gasteiger partial charge in [0.15, 0.2) is 0 Å². The van der Waals surface area contributed by atoms with Gasteiger partial charge in [-0.1, -0.05) is 0 Å². The fraction of sp³-hybridized carbons (Fsp3) is 0.417. The first-order valence-electron chi connectivity index (χ1n) is 5.71. The molecular weight excluding hydrogens is 296 g/mol. The van der Waals surface area contributed by atoms with Crippen molar-refractivity contribution < 1.29 is 4.79 Å². The lowest BCUT2D eigenvalue weighted by molar-refractivity contribution is 0.0646. The van der Waals surface area contributed by atoms with Gasteiger partial charge in [0.1, 0.15) is 5.69 Å². The molecule has 0 N–H and O–H groups in total. The third-order valence-corrected chi connectivity index (χ3v) is 3.37. The molecular formula is C12H13BrN4O. The Kier molecular flexibility index (Phi) is 4.28. The standard InChI is InChI=1S/C12H13BrN4O/c13-10-1-2-11(15-9-10)12(18)17-7-5-16(4-3-14)6-8-17/h1-2,9H,4-8H2. The van der Waals surface area contributed by atoms with Gasteiger partial charge in [-0.05, 0) is 28.1 Å². The first-order valence-corrected chi connectivity index (χ1v) is 6.50. The summed E-state index contributed by atoms with van der Waals surface area (Å²) in [4.78, 5) is 20.1. The van der Waals surface area contributed by atoms with Crippen molar-refractivity contribution in [3.8, 4) is 6.07 Å². The average molecular weight is 309 g/mol. The Hall–Kier alpha value is -1.45. The zero-order valence-electron chi connectivity index (χ0n) is 9.84.